The summed E-state index contributed by atoms with van der Waals surface area (Å²) in [5, 5.41) is 3.89. The molecule has 1 saturated carbocycles. The topological polar surface area (TPSA) is 12.0 Å². The van der Waals surface area contributed by atoms with Crippen LogP contribution in [-0.4, -0.2) is 12.6 Å². The molecule has 1 nitrogen and oxygen atoms in total. The predicted octanol–water partition coefficient (Wildman–Crippen LogP) is 4.44. The van der Waals surface area contributed by atoms with Crippen LogP contribution in [0.3, 0.4) is 0 Å². The minimum atomic E-state index is -0.313. The Morgan fingerprint density at radius 2 is 2.16 bits per heavy atom. The SMILES string of the molecule is CCCNC(Cc1cccc(F)c1Cl)C(C)C1CC1. The molecule has 1 N–H and O–H groups in total. The van der Waals surface area contributed by atoms with Crippen LogP contribution < -0.4 is 5.32 Å². The first-order valence-electron chi connectivity index (χ1n) is 7.29. The van der Waals surface area contributed by atoms with Gasteiger partial charge in [-0.25, -0.2) is 4.39 Å². The van der Waals surface area contributed by atoms with Gasteiger partial charge in [0, 0.05) is 6.04 Å². The highest BCUT2D eigenvalue weighted by Crippen LogP contribution is 2.39. The van der Waals surface area contributed by atoms with Crippen molar-refractivity contribution in [2.24, 2.45) is 11.8 Å². The Kier molecular flexibility index (Phi) is 5.23. The number of benzene rings is 1. The summed E-state index contributed by atoms with van der Waals surface area (Å²) >= 11 is 6.07. The molecule has 3 heteroatoms. The average Bonchev–Trinajstić information content (AvgIpc) is 3.23. The monoisotopic (exact) mass is 283 g/mol. The third-order valence-corrected chi connectivity index (χ3v) is 4.55. The molecule has 0 saturated heterocycles. The fourth-order valence-electron chi connectivity index (χ4n) is 2.67. The molecule has 0 bridgehead atoms. The Morgan fingerprint density at radius 1 is 1.42 bits per heavy atom. The number of rotatable bonds is 7. The molecule has 2 atom stereocenters. The van der Waals surface area contributed by atoms with Gasteiger partial charge in [0.25, 0.3) is 0 Å². The fourth-order valence-corrected chi connectivity index (χ4v) is 2.87. The molecule has 0 aromatic heterocycles. The molecule has 19 heavy (non-hydrogen) atoms. The highest BCUT2D eigenvalue weighted by atomic mass is 35.5. The summed E-state index contributed by atoms with van der Waals surface area (Å²) in [5.41, 5.74) is 0.919. The summed E-state index contributed by atoms with van der Waals surface area (Å²) in [6, 6.07) is 5.50. The van der Waals surface area contributed by atoms with Gasteiger partial charge in [-0.15, -0.1) is 0 Å². The lowest BCUT2D eigenvalue weighted by Crippen LogP contribution is -2.38. The number of halogens is 2. The second-order valence-electron chi connectivity index (χ2n) is 5.67. The maximum absolute atomic E-state index is 13.5. The summed E-state index contributed by atoms with van der Waals surface area (Å²) < 4.78 is 13.5. The maximum atomic E-state index is 13.5. The van der Waals surface area contributed by atoms with Crippen LogP contribution in [0.4, 0.5) is 4.39 Å². The van der Waals surface area contributed by atoms with Crippen LogP contribution in [0.1, 0.15) is 38.7 Å². The third kappa shape index (κ3) is 3.93. The van der Waals surface area contributed by atoms with Crippen LogP contribution in [0.25, 0.3) is 0 Å². The molecule has 1 aliphatic carbocycles. The molecule has 0 spiro atoms. The second-order valence-corrected chi connectivity index (χ2v) is 6.05. The Balaban J connectivity index is 2.07. The Bertz CT molecular complexity index is 417. The summed E-state index contributed by atoms with van der Waals surface area (Å²) in [5.74, 6) is 1.15. The molecule has 106 valence electrons. The molecular weight excluding hydrogens is 261 g/mol. The zero-order valence-electron chi connectivity index (χ0n) is 11.8. The van der Waals surface area contributed by atoms with Gasteiger partial charge < -0.3 is 5.32 Å². The molecule has 1 aliphatic rings. The average molecular weight is 284 g/mol. The molecule has 0 heterocycles. The van der Waals surface area contributed by atoms with Gasteiger partial charge in [0.05, 0.1) is 5.02 Å². The van der Waals surface area contributed by atoms with Gasteiger partial charge in [-0.1, -0.05) is 37.6 Å². The van der Waals surface area contributed by atoms with Crippen LogP contribution in [-0.2, 0) is 6.42 Å². The molecule has 1 aromatic carbocycles. The van der Waals surface area contributed by atoms with Crippen LogP contribution in [0, 0.1) is 17.7 Å². The van der Waals surface area contributed by atoms with E-state index in [9.17, 15) is 4.39 Å². The number of hydrogen-bond acceptors (Lipinski definition) is 1. The van der Waals surface area contributed by atoms with E-state index in [0.717, 1.165) is 30.9 Å². The lowest BCUT2D eigenvalue weighted by atomic mass is 9.91. The van der Waals surface area contributed by atoms with E-state index < -0.39 is 0 Å². The van der Waals surface area contributed by atoms with Crippen molar-refractivity contribution in [1.29, 1.82) is 0 Å². The standard InChI is InChI=1S/C16H23ClFN/c1-3-9-19-15(11(2)12-7-8-12)10-13-5-4-6-14(18)16(13)17/h4-6,11-12,15,19H,3,7-10H2,1-2H3. The van der Waals surface area contributed by atoms with Crippen LogP contribution in [0.5, 0.6) is 0 Å². The van der Waals surface area contributed by atoms with Crippen molar-refractivity contribution in [2.75, 3.05) is 6.54 Å². The van der Waals surface area contributed by atoms with Gasteiger partial charge in [0.15, 0.2) is 0 Å². The summed E-state index contributed by atoms with van der Waals surface area (Å²) in [6.45, 7) is 5.48. The van der Waals surface area contributed by atoms with Crippen LogP contribution in [0.15, 0.2) is 18.2 Å². The molecule has 2 unspecified atom stereocenters. The van der Waals surface area contributed by atoms with E-state index in [1.807, 2.05) is 6.07 Å². The molecule has 1 fully saturated rings. The highest BCUT2D eigenvalue weighted by Gasteiger charge is 2.33. The van der Waals surface area contributed by atoms with E-state index in [0.29, 0.717) is 12.0 Å². The molecule has 0 radical (unpaired) electrons. The van der Waals surface area contributed by atoms with Crippen molar-refractivity contribution in [3.8, 4) is 0 Å². The predicted molar refractivity (Wildman–Crippen MR) is 79.1 cm³/mol. The Hall–Kier alpha value is -0.600. The summed E-state index contributed by atoms with van der Waals surface area (Å²) in [4.78, 5) is 0. The zero-order chi connectivity index (χ0) is 13.8. The van der Waals surface area contributed by atoms with Crippen molar-refractivity contribution in [1.82, 2.24) is 5.32 Å². The highest BCUT2D eigenvalue weighted by molar-refractivity contribution is 6.31. The third-order valence-electron chi connectivity index (χ3n) is 4.13. The fraction of sp³-hybridized carbons (Fsp3) is 0.625. The van der Waals surface area contributed by atoms with Gasteiger partial charge in [-0.2, -0.15) is 0 Å². The number of hydrogen-bond donors (Lipinski definition) is 1. The second kappa shape index (κ2) is 6.71. The van der Waals surface area contributed by atoms with Crippen molar-refractivity contribution in [3.05, 3.63) is 34.6 Å². The lowest BCUT2D eigenvalue weighted by molar-refractivity contribution is 0.339. The van der Waals surface area contributed by atoms with E-state index >= 15 is 0 Å². The first-order valence-corrected chi connectivity index (χ1v) is 7.67. The van der Waals surface area contributed by atoms with E-state index in [4.69, 9.17) is 11.6 Å². The van der Waals surface area contributed by atoms with Gasteiger partial charge in [-0.3, -0.25) is 0 Å². The smallest absolute Gasteiger partial charge is 0.142 e. The Morgan fingerprint density at radius 3 is 2.79 bits per heavy atom. The Labute approximate surface area is 120 Å². The summed E-state index contributed by atoms with van der Waals surface area (Å²) in [6.07, 6.45) is 4.60. The van der Waals surface area contributed by atoms with Crippen molar-refractivity contribution < 1.29 is 4.39 Å². The van der Waals surface area contributed by atoms with E-state index in [1.165, 1.54) is 18.9 Å². The first kappa shape index (κ1) is 14.8. The van der Waals surface area contributed by atoms with Gasteiger partial charge in [0.2, 0.25) is 0 Å². The molecule has 1 aromatic rings. The van der Waals surface area contributed by atoms with Crippen molar-refractivity contribution in [3.63, 3.8) is 0 Å². The van der Waals surface area contributed by atoms with E-state index in [2.05, 4.69) is 19.2 Å². The van der Waals surface area contributed by atoms with Crippen molar-refractivity contribution >= 4 is 11.6 Å². The van der Waals surface area contributed by atoms with E-state index in [-0.39, 0.29) is 10.8 Å². The minimum Gasteiger partial charge on any atom is -0.313 e. The quantitative estimate of drug-likeness (QED) is 0.780. The maximum Gasteiger partial charge on any atom is 0.142 e. The van der Waals surface area contributed by atoms with Gasteiger partial charge in [0.1, 0.15) is 5.82 Å². The minimum absolute atomic E-state index is 0.286. The largest absolute Gasteiger partial charge is 0.313 e. The number of nitrogens with one attached hydrogen (secondary N) is 1. The van der Waals surface area contributed by atoms with Crippen molar-refractivity contribution in [2.45, 2.75) is 45.6 Å². The molecular formula is C16H23ClFN. The molecule has 0 amide bonds. The van der Waals surface area contributed by atoms with Crippen LogP contribution >= 0.6 is 11.6 Å². The lowest BCUT2D eigenvalue weighted by Gasteiger charge is -2.26. The zero-order valence-corrected chi connectivity index (χ0v) is 12.5. The van der Waals surface area contributed by atoms with E-state index in [1.54, 1.807) is 6.07 Å². The summed E-state index contributed by atoms with van der Waals surface area (Å²) in [7, 11) is 0. The molecule has 2 rings (SSSR count). The van der Waals surface area contributed by atoms with Gasteiger partial charge >= 0.3 is 0 Å². The molecule has 0 aliphatic heterocycles. The van der Waals surface area contributed by atoms with Gasteiger partial charge in [-0.05, 0) is 55.7 Å². The normalized spacial score (nSPS) is 18.3. The van der Waals surface area contributed by atoms with Crippen LogP contribution in [0.2, 0.25) is 5.02 Å². The first-order chi connectivity index (χ1) is 9.13.